The number of benzene rings is 1. The van der Waals surface area contributed by atoms with Crippen LogP contribution >= 0.6 is 0 Å². The Morgan fingerprint density at radius 3 is 2.31 bits per heavy atom. The summed E-state index contributed by atoms with van der Waals surface area (Å²) in [4.78, 5) is 38.9. The summed E-state index contributed by atoms with van der Waals surface area (Å²) in [5.74, 6) is -0.790. The van der Waals surface area contributed by atoms with Gasteiger partial charge in [-0.2, -0.15) is 0 Å². The first-order valence-electron chi connectivity index (χ1n) is 10.1. The number of hydrogen-bond acceptors (Lipinski definition) is 4. The minimum Gasteiger partial charge on any atom is -0.378 e. The van der Waals surface area contributed by atoms with Crippen LogP contribution in [0.4, 0.5) is 4.79 Å². The fourth-order valence-corrected chi connectivity index (χ4v) is 3.22. The van der Waals surface area contributed by atoms with E-state index in [4.69, 9.17) is 10.5 Å². The summed E-state index contributed by atoms with van der Waals surface area (Å²) in [6, 6.07) is 7.87. The molecule has 1 aromatic carbocycles. The number of nitrogens with one attached hydrogen (secondary N) is 2. The zero-order valence-electron chi connectivity index (χ0n) is 17.2. The molecule has 0 aliphatic carbocycles. The summed E-state index contributed by atoms with van der Waals surface area (Å²) in [6.07, 6.45) is 1.48. The number of ether oxygens (including phenoxy) is 1. The first kappa shape index (κ1) is 22.7. The molecule has 8 heteroatoms. The lowest BCUT2D eigenvalue weighted by Gasteiger charge is -2.30. The number of aryl methyl sites for hydroxylation is 1. The van der Waals surface area contributed by atoms with E-state index in [-0.39, 0.29) is 11.9 Å². The van der Waals surface area contributed by atoms with Crippen molar-refractivity contribution in [3.8, 4) is 0 Å². The number of nitrogens with two attached hydrogens (primary N) is 1. The van der Waals surface area contributed by atoms with Gasteiger partial charge >= 0.3 is 6.03 Å². The van der Waals surface area contributed by atoms with E-state index in [1.165, 1.54) is 0 Å². The minimum absolute atomic E-state index is 0.187. The predicted molar refractivity (Wildman–Crippen MR) is 110 cm³/mol. The number of nitrogens with zero attached hydrogens (tertiary/aromatic N) is 1. The first-order chi connectivity index (χ1) is 13.9. The van der Waals surface area contributed by atoms with Crippen molar-refractivity contribution in [3.63, 3.8) is 0 Å². The number of carbonyl (C=O) groups excluding carboxylic acids is 3. The van der Waals surface area contributed by atoms with E-state index in [0.717, 1.165) is 5.56 Å². The summed E-state index contributed by atoms with van der Waals surface area (Å²) in [7, 11) is 0. The molecule has 1 aliphatic heterocycles. The Morgan fingerprint density at radius 1 is 1.07 bits per heavy atom. The van der Waals surface area contributed by atoms with Crippen LogP contribution in [0.2, 0.25) is 0 Å². The number of urea groups is 1. The van der Waals surface area contributed by atoms with Crippen LogP contribution in [0.3, 0.4) is 0 Å². The molecule has 1 aliphatic rings. The Labute approximate surface area is 172 Å². The Kier molecular flexibility index (Phi) is 8.92. The van der Waals surface area contributed by atoms with Gasteiger partial charge in [-0.1, -0.05) is 44.2 Å². The molecule has 0 aromatic heterocycles. The topological polar surface area (TPSA) is 114 Å². The van der Waals surface area contributed by atoms with Gasteiger partial charge in [0, 0.05) is 13.1 Å². The zero-order valence-corrected chi connectivity index (χ0v) is 17.2. The Morgan fingerprint density at radius 2 is 1.72 bits per heavy atom. The lowest BCUT2D eigenvalue weighted by Crippen LogP contribution is -2.56. The summed E-state index contributed by atoms with van der Waals surface area (Å²) in [5, 5.41) is 5.53. The number of carbonyl (C=O) groups is 3. The fraction of sp³-hybridized carbons (Fsp3) is 0.571. The highest BCUT2D eigenvalue weighted by atomic mass is 16.5. The van der Waals surface area contributed by atoms with Crippen molar-refractivity contribution >= 4 is 17.8 Å². The van der Waals surface area contributed by atoms with Crippen LogP contribution in [0.1, 0.15) is 32.3 Å². The number of hydrogen-bond donors (Lipinski definition) is 3. The molecule has 0 bridgehead atoms. The molecule has 1 saturated heterocycles. The smallest absolute Gasteiger partial charge is 0.318 e. The van der Waals surface area contributed by atoms with Crippen LogP contribution in [-0.2, 0) is 20.7 Å². The molecule has 2 atom stereocenters. The Balaban J connectivity index is 1.97. The highest BCUT2D eigenvalue weighted by Crippen LogP contribution is 2.09. The predicted octanol–water partition coefficient (Wildman–Crippen LogP) is 1.05. The average Bonchev–Trinajstić information content (AvgIpc) is 2.71. The number of morpholine rings is 1. The molecule has 0 radical (unpaired) electrons. The molecular formula is C21H32N4O4. The van der Waals surface area contributed by atoms with E-state index >= 15 is 0 Å². The van der Waals surface area contributed by atoms with Crippen LogP contribution in [0.25, 0.3) is 0 Å². The second-order valence-electron chi connectivity index (χ2n) is 7.72. The molecule has 29 heavy (non-hydrogen) atoms. The van der Waals surface area contributed by atoms with Crippen molar-refractivity contribution in [3.05, 3.63) is 35.9 Å². The van der Waals surface area contributed by atoms with Crippen LogP contribution in [0, 0.1) is 5.92 Å². The summed E-state index contributed by atoms with van der Waals surface area (Å²) >= 11 is 0. The quantitative estimate of drug-likeness (QED) is 0.571. The fourth-order valence-electron chi connectivity index (χ4n) is 3.22. The standard InChI is InChI=1S/C21H32N4O4/c1-15(2)14-18(24-21(28)25-10-12-29-13-11-25)20(27)23-17(19(22)26)9-8-16-6-4-3-5-7-16/h3-7,15,17-18H,8-14H2,1-2H3,(H2,22,26)(H,23,27)(H,24,28)/t17-,18-/m0/s1. The molecule has 0 unspecified atom stereocenters. The minimum atomic E-state index is -0.794. The summed E-state index contributed by atoms with van der Waals surface area (Å²) < 4.78 is 5.26. The van der Waals surface area contributed by atoms with Crippen LogP contribution in [0.15, 0.2) is 30.3 Å². The first-order valence-corrected chi connectivity index (χ1v) is 10.1. The van der Waals surface area contributed by atoms with Gasteiger partial charge in [-0.05, 0) is 30.7 Å². The van der Waals surface area contributed by atoms with Gasteiger partial charge in [0.25, 0.3) is 0 Å². The van der Waals surface area contributed by atoms with E-state index in [9.17, 15) is 14.4 Å². The zero-order chi connectivity index (χ0) is 21.2. The van der Waals surface area contributed by atoms with E-state index in [1.807, 2.05) is 44.2 Å². The van der Waals surface area contributed by atoms with Gasteiger partial charge in [0.2, 0.25) is 11.8 Å². The van der Waals surface area contributed by atoms with Crippen molar-refractivity contribution in [2.24, 2.45) is 11.7 Å². The van der Waals surface area contributed by atoms with Gasteiger partial charge in [-0.3, -0.25) is 9.59 Å². The van der Waals surface area contributed by atoms with Crippen molar-refractivity contribution in [1.29, 1.82) is 0 Å². The second-order valence-corrected chi connectivity index (χ2v) is 7.72. The highest BCUT2D eigenvalue weighted by Gasteiger charge is 2.28. The molecule has 4 N–H and O–H groups in total. The summed E-state index contributed by atoms with van der Waals surface area (Å²) in [6.45, 7) is 5.89. The van der Waals surface area contributed by atoms with E-state index in [0.29, 0.717) is 45.6 Å². The van der Waals surface area contributed by atoms with Gasteiger partial charge in [-0.25, -0.2) is 4.79 Å². The number of primary amides is 1. The van der Waals surface area contributed by atoms with Gasteiger partial charge in [0.1, 0.15) is 12.1 Å². The maximum Gasteiger partial charge on any atom is 0.318 e. The molecule has 1 fully saturated rings. The Bertz CT molecular complexity index is 675. The normalized spacial score (nSPS) is 16.2. The van der Waals surface area contributed by atoms with E-state index in [2.05, 4.69) is 10.6 Å². The monoisotopic (exact) mass is 404 g/mol. The van der Waals surface area contributed by atoms with Crippen molar-refractivity contribution in [1.82, 2.24) is 15.5 Å². The van der Waals surface area contributed by atoms with Gasteiger partial charge in [0.15, 0.2) is 0 Å². The van der Waals surface area contributed by atoms with Crippen molar-refractivity contribution in [2.45, 2.75) is 45.2 Å². The average molecular weight is 405 g/mol. The largest absolute Gasteiger partial charge is 0.378 e. The molecule has 1 heterocycles. The van der Waals surface area contributed by atoms with Gasteiger partial charge < -0.3 is 26.0 Å². The number of rotatable bonds is 9. The third-order valence-corrected chi connectivity index (χ3v) is 4.84. The maximum atomic E-state index is 12.8. The van der Waals surface area contributed by atoms with Crippen molar-refractivity contribution < 1.29 is 19.1 Å². The molecule has 160 valence electrons. The van der Waals surface area contributed by atoms with E-state index < -0.39 is 23.9 Å². The third kappa shape index (κ3) is 7.73. The Hall–Kier alpha value is -2.61. The molecule has 0 spiro atoms. The molecule has 8 nitrogen and oxygen atoms in total. The van der Waals surface area contributed by atoms with Gasteiger partial charge in [0.05, 0.1) is 13.2 Å². The highest BCUT2D eigenvalue weighted by molar-refractivity contribution is 5.91. The van der Waals surface area contributed by atoms with Crippen LogP contribution in [0.5, 0.6) is 0 Å². The van der Waals surface area contributed by atoms with Gasteiger partial charge in [-0.15, -0.1) is 0 Å². The third-order valence-electron chi connectivity index (χ3n) is 4.84. The molecule has 2 rings (SSSR count). The van der Waals surface area contributed by atoms with Crippen molar-refractivity contribution in [2.75, 3.05) is 26.3 Å². The van der Waals surface area contributed by atoms with E-state index in [1.54, 1.807) is 4.90 Å². The number of amides is 4. The SMILES string of the molecule is CC(C)C[C@H](NC(=O)N1CCOCC1)C(=O)N[C@@H](CCc1ccccc1)C(N)=O. The molecule has 4 amide bonds. The van der Waals surface area contributed by atoms with Crippen LogP contribution < -0.4 is 16.4 Å². The lowest BCUT2D eigenvalue weighted by molar-refractivity contribution is -0.128. The van der Waals surface area contributed by atoms with Crippen LogP contribution in [-0.4, -0.2) is 61.1 Å². The summed E-state index contributed by atoms with van der Waals surface area (Å²) in [5.41, 5.74) is 6.57. The molecule has 0 saturated carbocycles. The molecular weight excluding hydrogens is 372 g/mol. The lowest BCUT2D eigenvalue weighted by atomic mass is 10.0. The molecule has 1 aromatic rings. The second kappa shape index (κ2) is 11.4. The maximum absolute atomic E-state index is 12.8.